The molecule has 4 nitrogen and oxygen atoms in total. The molecule has 0 amide bonds. The normalized spacial score (nSPS) is 12.9. The van der Waals surface area contributed by atoms with Gasteiger partial charge in [0.15, 0.2) is 5.69 Å². The number of carbonyl (C=O) groups is 1. The van der Waals surface area contributed by atoms with Gasteiger partial charge in [0.2, 0.25) is 0 Å². The van der Waals surface area contributed by atoms with E-state index in [9.17, 15) is 4.79 Å². The van der Waals surface area contributed by atoms with Crippen molar-refractivity contribution in [3.63, 3.8) is 0 Å². The minimum atomic E-state index is -0.401. The first-order chi connectivity index (χ1) is 8.78. The van der Waals surface area contributed by atoms with Gasteiger partial charge in [-0.25, -0.2) is 9.78 Å². The number of hydrogen-bond donors (Lipinski definition) is 0. The summed E-state index contributed by atoms with van der Waals surface area (Å²) >= 11 is 1.44. The first kappa shape index (κ1) is 11.2. The molecule has 2 heterocycles. The van der Waals surface area contributed by atoms with Gasteiger partial charge in [-0.1, -0.05) is 0 Å². The minimum Gasteiger partial charge on any atom is -0.493 e. The molecule has 0 saturated heterocycles. The van der Waals surface area contributed by atoms with Crippen LogP contribution in [0.3, 0.4) is 0 Å². The third-order valence-corrected chi connectivity index (χ3v) is 3.73. The summed E-state index contributed by atoms with van der Waals surface area (Å²) in [6, 6.07) is 5.99. The van der Waals surface area contributed by atoms with Crippen molar-refractivity contribution in [3.8, 4) is 16.3 Å². The Labute approximate surface area is 108 Å². The van der Waals surface area contributed by atoms with Crippen molar-refractivity contribution in [1.82, 2.24) is 4.98 Å². The van der Waals surface area contributed by atoms with Gasteiger partial charge in [-0.3, -0.25) is 0 Å². The van der Waals surface area contributed by atoms with Crippen LogP contribution in [0.2, 0.25) is 0 Å². The van der Waals surface area contributed by atoms with E-state index >= 15 is 0 Å². The molecule has 18 heavy (non-hydrogen) atoms. The topological polar surface area (TPSA) is 48.4 Å². The summed E-state index contributed by atoms with van der Waals surface area (Å²) in [5.74, 6) is 0.547. The van der Waals surface area contributed by atoms with Crippen LogP contribution in [0.15, 0.2) is 23.6 Å². The summed E-state index contributed by atoms with van der Waals surface area (Å²) in [6.45, 7) is 0.740. The summed E-state index contributed by atoms with van der Waals surface area (Å²) in [7, 11) is 1.36. The number of esters is 1. The van der Waals surface area contributed by atoms with E-state index in [0.29, 0.717) is 5.69 Å². The van der Waals surface area contributed by atoms with Gasteiger partial charge >= 0.3 is 5.97 Å². The highest BCUT2D eigenvalue weighted by Crippen LogP contribution is 2.31. The molecule has 0 aliphatic carbocycles. The van der Waals surface area contributed by atoms with Crippen molar-refractivity contribution >= 4 is 17.3 Å². The molecule has 0 fully saturated rings. The minimum absolute atomic E-state index is 0.356. The highest BCUT2D eigenvalue weighted by atomic mass is 32.1. The van der Waals surface area contributed by atoms with Crippen LogP contribution in [0, 0.1) is 0 Å². The number of ether oxygens (including phenoxy) is 2. The van der Waals surface area contributed by atoms with Gasteiger partial charge in [0.1, 0.15) is 10.8 Å². The molecule has 1 aromatic heterocycles. The highest BCUT2D eigenvalue weighted by molar-refractivity contribution is 7.13. The zero-order chi connectivity index (χ0) is 12.5. The van der Waals surface area contributed by atoms with Crippen LogP contribution in [0.4, 0.5) is 0 Å². The average Bonchev–Trinajstić information content (AvgIpc) is 3.05. The largest absolute Gasteiger partial charge is 0.493 e. The van der Waals surface area contributed by atoms with Crippen LogP contribution in [0.1, 0.15) is 16.1 Å². The molecule has 1 aromatic carbocycles. The lowest BCUT2D eigenvalue weighted by Gasteiger charge is -2.00. The number of aromatic nitrogens is 1. The van der Waals surface area contributed by atoms with Crippen molar-refractivity contribution in [1.29, 1.82) is 0 Å². The molecule has 0 atom stereocenters. The number of hydrogen-bond acceptors (Lipinski definition) is 5. The fourth-order valence-electron chi connectivity index (χ4n) is 1.92. The molecule has 0 bridgehead atoms. The fraction of sp³-hybridized carbons (Fsp3) is 0.231. The first-order valence-electron chi connectivity index (χ1n) is 5.58. The number of nitrogens with zero attached hydrogens (tertiary/aromatic N) is 1. The Morgan fingerprint density at radius 1 is 1.50 bits per heavy atom. The molecular weight excluding hydrogens is 250 g/mol. The second-order valence-corrected chi connectivity index (χ2v) is 4.81. The maximum atomic E-state index is 11.3. The van der Waals surface area contributed by atoms with Crippen molar-refractivity contribution in [2.75, 3.05) is 13.7 Å². The Bertz CT molecular complexity index is 606. The van der Waals surface area contributed by atoms with Gasteiger partial charge in [0.05, 0.1) is 13.7 Å². The third-order valence-electron chi connectivity index (χ3n) is 2.84. The Balaban J connectivity index is 1.95. The van der Waals surface area contributed by atoms with E-state index in [-0.39, 0.29) is 0 Å². The van der Waals surface area contributed by atoms with E-state index < -0.39 is 5.97 Å². The zero-order valence-corrected chi connectivity index (χ0v) is 10.6. The Morgan fingerprint density at radius 3 is 3.22 bits per heavy atom. The standard InChI is InChI=1S/C13H11NO3S/c1-16-13(15)10-7-18-12(14-10)9-2-3-11-8(6-9)4-5-17-11/h2-3,6-7H,4-5H2,1H3. The van der Waals surface area contributed by atoms with Gasteiger partial charge in [0.25, 0.3) is 0 Å². The quantitative estimate of drug-likeness (QED) is 0.779. The first-order valence-corrected chi connectivity index (χ1v) is 6.46. The maximum absolute atomic E-state index is 11.3. The van der Waals surface area contributed by atoms with Crippen LogP contribution >= 0.6 is 11.3 Å². The van der Waals surface area contributed by atoms with Crippen molar-refractivity contribution in [2.45, 2.75) is 6.42 Å². The monoisotopic (exact) mass is 261 g/mol. The Kier molecular flexibility index (Phi) is 2.76. The number of thiazole rings is 1. The van der Waals surface area contributed by atoms with Crippen LogP contribution in [0.25, 0.3) is 10.6 Å². The molecule has 0 radical (unpaired) electrons. The predicted octanol–water partition coefficient (Wildman–Crippen LogP) is 2.53. The molecule has 1 aliphatic rings. The lowest BCUT2D eigenvalue weighted by atomic mass is 10.1. The van der Waals surface area contributed by atoms with E-state index in [0.717, 1.165) is 29.3 Å². The van der Waals surface area contributed by atoms with Crippen LogP contribution in [-0.2, 0) is 11.2 Å². The van der Waals surface area contributed by atoms with Gasteiger partial charge in [-0.15, -0.1) is 11.3 Å². The smallest absolute Gasteiger partial charge is 0.357 e. The predicted molar refractivity (Wildman–Crippen MR) is 68.1 cm³/mol. The zero-order valence-electron chi connectivity index (χ0n) is 9.80. The van der Waals surface area contributed by atoms with Gasteiger partial charge in [0, 0.05) is 17.4 Å². The molecule has 1 aliphatic heterocycles. The number of benzene rings is 1. The Morgan fingerprint density at radius 2 is 2.39 bits per heavy atom. The van der Waals surface area contributed by atoms with Gasteiger partial charge in [-0.05, 0) is 23.8 Å². The number of carbonyl (C=O) groups excluding carboxylic acids is 1. The van der Waals surface area contributed by atoms with E-state index in [1.165, 1.54) is 24.0 Å². The van der Waals surface area contributed by atoms with Crippen LogP contribution in [-0.4, -0.2) is 24.7 Å². The van der Waals surface area contributed by atoms with E-state index in [1.807, 2.05) is 12.1 Å². The molecule has 0 N–H and O–H groups in total. The summed E-state index contributed by atoms with van der Waals surface area (Å²) < 4.78 is 10.1. The second kappa shape index (κ2) is 4.42. The molecule has 5 heteroatoms. The van der Waals surface area contributed by atoms with Crippen molar-refractivity contribution in [3.05, 3.63) is 34.8 Å². The van der Waals surface area contributed by atoms with Gasteiger partial charge < -0.3 is 9.47 Å². The fourth-order valence-corrected chi connectivity index (χ4v) is 2.71. The van der Waals surface area contributed by atoms with E-state index in [2.05, 4.69) is 15.8 Å². The molecule has 0 spiro atoms. The molecule has 92 valence electrons. The summed E-state index contributed by atoms with van der Waals surface area (Å²) in [5, 5.41) is 2.54. The molecule has 0 unspecified atom stereocenters. The third kappa shape index (κ3) is 1.86. The van der Waals surface area contributed by atoms with E-state index in [1.54, 1.807) is 5.38 Å². The molecule has 3 rings (SSSR count). The Hall–Kier alpha value is -1.88. The molecule has 2 aromatic rings. The second-order valence-electron chi connectivity index (χ2n) is 3.95. The van der Waals surface area contributed by atoms with Crippen LogP contribution < -0.4 is 4.74 Å². The van der Waals surface area contributed by atoms with Crippen molar-refractivity contribution < 1.29 is 14.3 Å². The lowest BCUT2D eigenvalue weighted by molar-refractivity contribution is 0.0595. The highest BCUT2D eigenvalue weighted by Gasteiger charge is 2.15. The SMILES string of the molecule is COC(=O)c1csc(-c2ccc3c(c2)CCO3)n1. The summed E-state index contributed by atoms with van der Waals surface area (Å²) in [5.41, 5.74) is 2.57. The summed E-state index contributed by atoms with van der Waals surface area (Å²) in [4.78, 5) is 15.6. The number of fused-ring (bicyclic) bond motifs is 1. The lowest BCUT2D eigenvalue weighted by Crippen LogP contribution is -2.00. The molecular formula is C13H11NO3S. The maximum Gasteiger partial charge on any atom is 0.357 e. The van der Waals surface area contributed by atoms with Crippen molar-refractivity contribution in [2.24, 2.45) is 0 Å². The molecule has 0 saturated carbocycles. The number of methoxy groups -OCH3 is 1. The average molecular weight is 261 g/mol. The van der Waals surface area contributed by atoms with Gasteiger partial charge in [-0.2, -0.15) is 0 Å². The summed E-state index contributed by atoms with van der Waals surface area (Å²) in [6.07, 6.45) is 0.929. The van der Waals surface area contributed by atoms with Crippen LogP contribution in [0.5, 0.6) is 5.75 Å². The number of rotatable bonds is 2. The van der Waals surface area contributed by atoms with E-state index in [4.69, 9.17) is 4.74 Å².